The molecule has 2 fully saturated rings. The van der Waals surface area contributed by atoms with Crippen molar-refractivity contribution in [1.82, 2.24) is 14.8 Å². The van der Waals surface area contributed by atoms with Crippen molar-refractivity contribution in [1.29, 1.82) is 0 Å². The molecule has 2 aliphatic rings. The molecule has 1 aromatic heterocycles. The lowest BCUT2D eigenvalue weighted by atomic mass is 9.86. The van der Waals surface area contributed by atoms with Gasteiger partial charge in [-0.3, -0.25) is 4.90 Å². The van der Waals surface area contributed by atoms with E-state index in [1.807, 2.05) is 12.4 Å². The molecule has 1 aliphatic carbocycles. The fraction of sp³-hybridized carbons (Fsp3) is 0.750. The van der Waals surface area contributed by atoms with Gasteiger partial charge in [-0.25, -0.2) is 4.98 Å². The number of hydrogen-bond donors (Lipinski definition) is 1. The molecule has 1 aliphatic heterocycles. The SMILES string of the molecule is C#CCN(C)Cc1nc(C2(O)CCN(CC3CCCCC3)CC2)cs1. The highest BCUT2D eigenvalue weighted by atomic mass is 32.1. The molecule has 1 N–H and O–H groups in total. The largest absolute Gasteiger partial charge is 0.383 e. The summed E-state index contributed by atoms with van der Waals surface area (Å²) in [6, 6.07) is 0. The highest BCUT2D eigenvalue weighted by molar-refractivity contribution is 7.09. The molecule has 2 heterocycles. The highest BCUT2D eigenvalue weighted by Gasteiger charge is 2.36. The maximum atomic E-state index is 11.1. The molecular formula is C20H31N3OS. The van der Waals surface area contributed by atoms with E-state index in [0.29, 0.717) is 6.54 Å². The van der Waals surface area contributed by atoms with E-state index in [-0.39, 0.29) is 0 Å². The minimum Gasteiger partial charge on any atom is -0.383 e. The van der Waals surface area contributed by atoms with E-state index in [0.717, 1.165) is 49.1 Å². The quantitative estimate of drug-likeness (QED) is 0.791. The van der Waals surface area contributed by atoms with Crippen molar-refractivity contribution in [3.8, 4) is 12.3 Å². The van der Waals surface area contributed by atoms with Crippen molar-refractivity contribution < 1.29 is 5.11 Å². The number of rotatable bonds is 6. The molecule has 5 heteroatoms. The van der Waals surface area contributed by atoms with Crippen LogP contribution in [0.4, 0.5) is 0 Å². The van der Waals surface area contributed by atoms with Crippen LogP contribution in [0.3, 0.4) is 0 Å². The highest BCUT2D eigenvalue weighted by Crippen LogP contribution is 2.34. The second kappa shape index (κ2) is 8.64. The number of aromatic nitrogens is 1. The molecule has 0 aromatic carbocycles. The molecule has 0 radical (unpaired) electrons. The number of thiazole rings is 1. The minimum atomic E-state index is -0.748. The number of aliphatic hydroxyl groups is 1. The van der Waals surface area contributed by atoms with Crippen LogP contribution < -0.4 is 0 Å². The third kappa shape index (κ3) is 5.04. The third-order valence-electron chi connectivity index (χ3n) is 5.72. The van der Waals surface area contributed by atoms with Crippen LogP contribution in [0.15, 0.2) is 5.38 Å². The molecule has 0 spiro atoms. The van der Waals surface area contributed by atoms with Gasteiger partial charge in [0.2, 0.25) is 0 Å². The summed E-state index contributed by atoms with van der Waals surface area (Å²) in [6.45, 7) is 4.55. The fourth-order valence-corrected chi connectivity index (χ4v) is 5.10. The second-order valence-corrected chi connectivity index (χ2v) is 8.78. The number of likely N-dealkylation sites (tertiary alicyclic amines) is 1. The first-order chi connectivity index (χ1) is 12.1. The Balaban J connectivity index is 1.51. The molecule has 0 amide bonds. The topological polar surface area (TPSA) is 39.6 Å². The average molecular weight is 362 g/mol. The summed E-state index contributed by atoms with van der Waals surface area (Å²) in [6.07, 6.45) is 13.9. The minimum absolute atomic E-state index is 0.620. The van der Waals surface area contributed by atoms with Crippen LogP contribution in [0.1, 0.15) is 55.6 Å². The summed E-state index contributed by atoms with van der Waals surface area (Å²) >= 11 is 1.63. The number of piperidine rings is 1. The average Bonchev–Trinajstić information content (AvgIpc) is 3.07. The van der Waals surface area contributed by atoms with Gasteiger partial charge in [-0.1, -0.05) is 25.2 Å². The van der Waals surface area contributed by atoms with Gasteiger partial charge in [0, 0.05) is 25.0 Å². The molecule has 1 saturated carbocycles. The smallest absolute Gasteiger partial charge is 0.110 e. The summed E-state index contributed by atoms with van der Waals surface area (Å²) in [5.74, 6) is 3.52. The van der Waals surface area contributed by atoms with Crippen molar-refractivity contribution in [2.75, 3.05) is 33.2 Å². The number of nitrogens with zero attached hydrogens (tertiary/aromatic N) is 3. The molecule has 0 atom stereocenters. The summed E-state index contributed by atoms with van der Waals surface area (Å²) in [5, 5.41) is 14.2. The molecule has 138 valence electrons. The maximum absolute atomic E-state index is 11.1. The van der Waals surface area contributed by atoms with E-state index in [1.165, 1.54) is 38.6 Å². The van der Waals surface area contributed by atoms with E-state index in [4.69, 9.17) is 11.4 Å². The monoisotopic (exact) mass is 361 g/mol. The second-order valence-electron chi connectivity index (χ2n) is 7.84. The number of terminal acetylenes is 1. The summed E-state index contributed by atoms with van der Waals surface area (Å²) in [5.41, 5.74) is 0.113. The lowest BCUT2D eigenvalue weighted by Crippen LogP contribution is -2.44. The van der Waals surface area contributed by atoms with Crippen molar-refractivity contribution in [3.05, 3.63) is 16.1 Å². The van der Waals surface area contributed by atoms with Gasteiger partial charge in [0.05, 0.1) is 18.8 Å². The predicted octanol–water partition coefficient (Wildman–Crippen LogP) is 3.07. The summed E-state index contributed by atoms with van der Waals surface area (Å²) < 4.78 is 0. The van der Waals surface area contributed by atoms with E-state index in [9.17, 15) is 5.11 Å². The Hall–Kier alpha value is -0.930. The Morgan fingerprint density at radius 2 is 2.08 bits per heavy atom. The Morgan fingerprint density at radius 3 is 2.76 bits per heavy atom. The van der Waals surface area contributed by atoms with Gasteiger partial charge < -0.3 is 10.0 Å². The standard InChI is InChI=1S/C20H31N3OS/c1-3-11-22(2)15-19-21-18(16-25-19)20(24)9-12-23(13-10-20)14-17-7-5-4-6-8-17/h1,16-17,24H,4-15H2,2H3. The van der Waals surface area contributed by atoms with Crippen molar-refractivity contribution in [3.63, 3.8) is 0 Å². The van der Waals surface area contributed by atoms with Crippen LogP contribution in [0.5, 0.6) is 0 Å². The molecule has 1 aromatic rings. The van der Waals surface area contributed by atoms with Gasteiger partial charge in [-0.15, -0.1) is 17.8 Å². The van der Waals surface area contributed by atoms with Gasteiger partial charge in [0.1, 0.15) is 10.6 Å². The molecule has 4 nitrogen and oxygen atoms in total. The van der Waals surface area contributed by atoms with E-state index >= 15 is 0 Å². The van der Waals surface area contributed by atoms with E-state index in [2.05, 4.69) is 15.7 Å². The zero-order valence-corrected chi connectivity index (χ0v) is 16.2. The zero-order valence-electron chi connectivity index (χ0n) is 15.4. The molecule has 0 bridgehead atoms. The Labute approximate surface area is 156 Å². The summed E-state index contributed by atoms with van der Waals surface area (Å²) in [7, 11) is 2.00. The molecule has 1 saturated heterocycles. The van der Waals surface area contributed by atoms with Crippen molar-refractivity contribution in [2.24, 2.45) is 5.92 Å². The van der Waals surface area contributed by atoms with Gasteiger partial charge in [0.25, 0.3) is 0 Å². The Kier molecular flexibility index (Phi) is 6.51. The first-order valence-electron chi connectivity index (χ1n) is 9.61. The first-order valence-corrected chi connectivity index (χ1v) is 10.5. The third-order valence-corrected chi connectivity index (χ3v) is 6.55. The first kappa shape index (κ1) is 18.8. The predicted molar refractivity (Wildman–Crippen MR) is 103 cm³/mol. The molecular weight excluding hydrogens is 330 g/mol. The summed E-state index contributed by atoms with van der Waals surface area (Å²) in [4.78, 5) is 9.33. The normalized spacial score (nSPS) is 22.2. The Bertz CT molecular complexity index is 580. The van der Waals surface area contributed by atoms with Crippen molar-refractivity contribution >= 4 is 11.3 Å². The van der Waals surface area contributed by atoms with Crippen LogP contribution in [0, 0.1) is 18.3 Å². The van der Waals surface area contributed by atoms with Crippen molar-refractivity contribution in [2.45, 2.75) is 57.1 Å². The van der Waals surface area contributed by atoms with Crippen LogP contribution >= 0.6 is 11.3 Å². The lowest BCUT2D eigenvalue weighted by Gasteiger charge is -2.39. The lowest BCUT2D eigenvalue weighted by molar-refractivity contribution is -0.0327. The van der Waals surface area contributed by atoms with Gasteiger partial charge in [-0.05, 0) is 38.6 Å². The number of hydrogen-bond acceptors (Lipinski definition) is 5. The van der Waals surface area contributed by atoms with Crippen LogP contribution in [0.25, 0.3) is 0 Å². The maximum Gasteiger partial charge on any atom is 0.110 e. The van der Waals surface area contributed by atoms with Crippen LogP contribution in [-0.4, -0.2) is 53.1 Å². The van der Waals surface area contributed by atoms with Gasteiger partial charge in [-0.2, -0.15) is 0 Å². The molecule has 25 heavy (non-hydrogen) atoms. The van der Waals surface area contributed by atoms with Crippen LogP contribution in [0.2, 0.25) is 0 Å². The Morgan fingerprint density at radius 1 is 1.36 bits per heavy atom. The zero-order chi connectivity index (χ0) is 17.7. The van der Waals surface area contributed by atoms with Gasteiger partial charge in [0.15, 0.2) is 0 Å². The van der Waals surface area contributed by atoms with E-state index in [1.54, 1.807) is 11.3 Å². The van der Waals surface area contributed by atoms with Crippen LogP contribution in [-0.2, 0) is 12.1 Å². The fourth-order valence-electron chi connectivity index (χ4n) is 4.14. The molecule has 0 unspecified atom stereocenters. The van der Waals surface area contributed by atoms with Gasteiger partial charge >= 0.3 is 0 Å². The molecule has 3 rings (SSSR count). The van der Waals surface area contributed by atoms with E-state index < -0.39 is 5.60 Å².